The van der Waals surface area contributed by atoms with Crippen molar-refractivity contribution in [2.45, 2.75) is 13.5 Å². The molecule has 82 valence electrons. The third kappa shape index (κ3) is 4.05. The Morgan fingerprint density at radius 3 is 2.93 bits per heavy atom. The summed E-state index contributed by atoms with van der Waals surface area (Å²) in [5.41, 5.74) is 4.01. The van der Waals surface area contributed by atoms with Gasteiger partial charge < -0.3 is 0 Å². The van der Waals surface area contributed by atoms with Crippen LogP contribution in [0, 0.1) is 6.92 Å². The van der Waals surface area contributed by atoms with Gasteiger partial charge in [0.05, 0.1) is 12.2 Å². The number of pyridine rings is 1. The van der Waals surface area contributed by atoms with Gasteiger partial charge in [0, 0.05) is 12.2 Å². The lowest BCUT2D eigenvalue weighted by Crippen LogP contribution is -2.38. The van der Waals surface area contributed by atoms with Crippen molar-refractivity contribution in [3.63, 3.8) is 0 Å². The largest absolute Gasteiger partial charge is 0.293 e. The molecule has 1 amide bonds. The summed E-state index contributed by atoms with van der Waals surface area (Å²) < 4.78 is 0. The van der Waals surface area contributed by atoms with Gasteiger partial charge in [0.25, 0.3) is 0 Å². The summed E-state index contributed by atoms with van der Waals surface area (Å²) in [5, 5.41) is 0. The van der Waals surface area contributed by atoms with Gasteiger partial charge in [0.15, 0.2) is 0 Å². The van der Waals surface area contributed by atoms with Crippen LogP contribution in [0.4, 0.5) is 0 Å². The predicted octanol–water partition coefficient (Wildman–Crippen LogP) is -0.188. The third-order valence-corrected chi connectivity index (χ3v) is 1.95. The van der Waals surface area contributed by atoms with Crippen molar-refractivity contribution in [3.05, 3.63) is 29.6 Å². The molecule has 0 bridgehead atoms. The molecule has 1 aromatic heterocycles. The molecule has 0 atom stereocenters. The molecular weight excluding hydrogens is 192 g/mol. The highest BCUT2D eigenvalue weighted by Crippen LogP contribution is 2.01. The van der Waals surface area contributed by atoms with E-state index in [-0.39, 0.29) is 12.5 Å². The summed E-state index contributed by atoms with van der Waals surface area (Å²) in [6.07, 6.45) is 0. The Kier molecular flexibility index (Phi) is 4.20. The molecule has 5 nitrogen and oxygen atoms in total. The number of hydrogen-bond donors (Lipinski definition) is 2. The molecule has 1 aromatic rings. The Labute approximate surface area is 89.3 Å². The van der Waals surface area contributed by atoms with E-state index in [1.54, 1.807) is 0 Å². The maximum atomic E-state index is 11.0. The monoisotopic (exact) mass is 208 g/mol. The molecule has 0 saturated heterocycles. The predicted molar refractivity (Wildman–Crippen MR) is 57.6 cm³/mol. The molecule has 1 heterocycles. The van der Waals surface area contributed by atoms with Crippen LogP contribution in [0.5, 0.6) is 0 Å². The highest BCUT2D eigenvalue weighted by atomic mass is 16.2. The Balaban J connectivity index is 2.51. The van der Waals surface area contributed by atoms with Gasteiger partial charge in [-0.15, -0.1) is 0 Å². The van der Waals surface area contributed by atoms with Gasteiger partial charge in [-0.1, -0.05) is 6.07 Å². The topological polar surface area (TPSA) is 71.2 Å². The Bertz CT molecular complexity index is 340. The average Bonchev–Trinajstić information content (AvgIpc) is 2.17. The number of aromatic nitrogens is 1. The van der Waals surface area contributed by atoms with Gasteiger partial charge in [0.2, 0.25) is 5.91 Å². The fourth-order valence-corrected chi connectivity index (χ4v) is 1.31. The first-order valence-electron chi connectivity index (χ1n) is 4.72. The van der Waals surface area contributed by atoms with Gasteiger partial charge in [-0.25, -0.2) is 5.84 Å². The van der Waals surface area contributed by atoms with Gasteiger partial charge in [-0.05, 0) is 26.1 Å². The molecule has 0 unspecified atom stereocenters. The Morgan fingerprint density at radius 2 is 2.33 bits per heavy atom. The van der Waals surface area contributed by atoms with E-state index < -0.39 is 0 Å². The summed E-state index contributed by atoms with van der Waals surface area (Å²) in [6, 6.07) is 5.83. The van der Waals surface area contributed by atoms with Gasteiger partial charge in [-0.2, -0.15) is 0 Å². The van der Waals surface area contributed by atoms with E-state index >= 15 is 0 Å². The maximum Gasteiger partial charge on any atom is 0.248 e. The lowest BCUT2D eigenvalue weighted by molar-refractivity contribution is -0.122. The van der Waals surface area contributed by atoms with Crippen LogP contribution in [0.1, 0.15) is 11.4 Å². The maximum absolute atomic E-state index is 11.0. The minimum atomic E-state index is -0.204. The van der Waals surface area contributed by atoms with Crippen molar-refractivity contribution in [1.29, 1.82) is 0 Å². The first-order chi connectivity index (χ1) is 7.11. The summed E-state index contributed by atoms with van der Waals surface area (Å²) >= 11 is 0. The zero-order chi connectivity index (χ0) is 11.3. The zero-order valence-electron chi connectivity index (χ0n) is 9.03. The molecule has 15 heavy (non-hydrogen) atoms. The quantitative estimate of drug-likeness (QED) is 0.409. The van der Waals surface area contributed by atoms with Crippen molar-refractivity contribution in [2.24, 2.45) is 5.84 Å². The minimum Gasteiger partial charge on any atom is -0.293 e. The van der Waals surface area contributed by atoms with Crippen LogP contribution in [0.25, 0.3) is 0 Å². The standard InChI is InChI=1S/C10H16N4O/c1-8-4-3-5-9(12-8)6-14(2)7-10(15)13-11/h3-5H,6-7,11H2,1-2H3,(H,13,15). The number of carbonyl (C=O) groups excluding carboxylic acids is 1. The lowest BCUT2D eigenvalue weighted by atomic mass is 10.3. The second-order valence-electron chi connectivity index (χ2n) is 3.51. The molecule has 3 N–H and O–H groups in total. The number of nitrogens with zero attached hydrogens (tertiary/aromatic N) is 2. The SMILES string of the molecule is Cc1cccc(CN(C)CC(=O)NN)n1. The van der Waals surface area contributed by atoms with Gasteiger partial charge in [-0.3, -0.25) is 20.1 Å². The number of rotatable bonds is 4. The highest BCUT2D eigenvalue weighted by molar-refractivity contribution is 5.77. The van der Waals surface area contributed by atoms with Crippen LogP contribution in [-0.4, -0.2) is 29.4 Å². The van der Waals surface area contributed by atoms with E-state index in [9.17, 15) is 4.79 Å². The van der Waals surface area contributed by atoms with Crippen molar-refractivity contribution < 1.29 is 4.79 Å². The molecule has 0 radical (unpaired) electrons. The van der Waals surface area contributed by atoms with Crippen LogP contribution in [0.15, 0.2) is 18.2 Å². The number of likely N-dealkylation sites (N-methyl/N-ethyl adjacent to an activating group) is 1. The molecule has 0 aliphatic carbocycles. The number of amides is 1. The normalized spacial score (nSPS) is 10.4. The smallest absolute Gasteiger partial charge is 0.248 e. The molecule has 1 rings (SSSR count). The first-order valence-corrected chi connectivity index (χ1v) is 4.72. The average molecular weight is 208 g/mol. The Morgan fingerprint density at radius 1 is 1.60 bits per heavy atom. The van der Waals surface area contributed by atoms with Crippen molar-refractivity contribution in [2.75, 3.05) is 13.6 Å². The number of aryl methyl sites for hydroxylation is 1. The Hall–Kier alpha value is -1.46. The van der Waals surface area contributed by atoms with Crippen LogP contribution in [0.3, 0.4) is 0 Å². The lowest BCUT2D eigenvalue weighted by Gasteiger charge is -2.14. The van der Waals surface area contributed by atoms with Crippen LogP contribution < -0.4 is 11.3 Å². The van der Waals surface area contributed by atoms with E-state index in [2.05, 4.69) is 10.4 Å². The van der Waals surface area contributed by atoms with Crippen LogP contribution in [-0.2, 0) is 11.3 Å². The van der Waals surface area contributed by atoms with Crippen LogP contribution in [0.2, 0.25) is 0 Å². The van der Waals surface area contributed by atoms with Crippen molar-refractivity contribution in [1.82, 2.24) is 15.3 Å². The number of nitrogens with two attached hydrogens (primary N) is 1. The number of hydrazine groups is 1. The van der Waals surface area contributed by atoms with E-state index in [0.717, 1.165) is 11.4 Å². The molecule has 0 aliphatic rings. The summed E-state index contributed by atoms with van der Waals surface area (Å²) in [6.45, 7) is 2.84. The molecule has 0 aliphatic heterocycles. The molecule has 0 spiro atoms. The highest BCUT2D eigenvalue weighted by Gasteiger charge is 2.05. The zero-order valence-corrected chi connectivity index (χ0v) is 9.03. The molecule has 0 fully saturated rings. The van der Waals surface area contributed by atoms with Crippen molar-refractivity contribution in [3.8, 4) is 0 Å². The van der Waals surface area contributed by atoms with Gasteiger partial charge >= 0.3 is 0 Å². The second kappa shape index (κ2) is 5.43. The van der Waals surface area contributed by atoms with Crippen LogP contribution >= 0.6 is 0 Å². The molecule has 0 aromatic carbocycles. The van der Waals surface area contributed by atoms with E-state index in [1.165, 1.54) is 0 Å². The molecule has 5 heteroatoms. The summed E-state index contributed by atoms with van der Waals surface area (Å²) in [5.74, 6) is 4.79. The molecular formula is C10H16N4O. The van der Waals surface area contributed by atoms with Gasteiger partial charge in [0.1, 0.15) is 0 Å². The first kappa shape index (κ1) is 11.6. The molecule has 0 saturated carbocycles. The minimum absolute atomic E-state index is 0.204. The van der Waals surface area contributed by atoms with E-state index in [0.29, 0.717) is 6.54 Å². The number of nitrogens with one attached hydrogen (secondary N) is 1. The number of carbonyl (C=O) groups is 1. The summed E-state index contributed by atoms with van der Waals surface area (Å²) in [7, 11) is 1.85. The number of hydrogen-bond acceptors (Lipinski definition) is 4. The van der Waals surface area contributed by atoms with E-state index in [4.69, 9.17) is 5.84 Å². The second-order valence-corrected chi connectivity index (χ2v) is 3.51. The fourth-order valence-electron chi connectivity index (χ4n) is 1.31. The van der Waals surface area contributed by atoms with E-state index in [1.807, 2.05) is 37.1 Å². The fraction of sp³-hybridized carbons (Fsp3) is 0.400. The van der Waals surface area contributed by atoms with Crippen molar-refractivity contribution >= 4 is 5.91 Å². The third-order valence-electron chi connectivity index (χ3n) is 1.95. The summed E-state index contributed by atoms with van der Waals surface area (Å²) in [4.78, 5) is 17.2.